The smallest absolute Gasteiger partial charge is 0.267 e. The fraction of sp³-hybridized carbons (Fsp3) is 0.438. The van der Waals surface area contributed by atoms with E-state index in [1.54, 1.807) is 23.0 Å². The first-order chi connectivity index (χ1) is 11.2. The molecular weight excluding hydrogens is 292 g/mol. The Kier molecular flexibility index (Phi) is 4.33. The number of hydrogen-bond acceptors (Lipinski definition) is 6. The van der Waals surface area contributed by atoms with Gasteiger partial charge in [0.25, 0.3) is 5.56 Å². The maximum Gasteiger partial charge on any atom is 0.267 e. The highest BCUT2D eigenvalue weighted by Gasteiger charge is 2.24. The van der Waals surface area contributed by atoms with Gasteiger partial charge in [-0.2, -0.15) is 10.4 Å². The first-order valence-electron chi connectivity index (χ1n) is 7.71. The van der Waals surface area contributed by atoms with Gasteiger partial charge in [0.1, 0.15) is 11.9 Å². The Bertz CT molecular complexity index is 768. The molecule has 2 aromatic heterocycles. The summed E-state index contributed by atoms with van der Waals surface area (Å²) in [5.41, 5.74) is 1.13. The summed E-state index contributed by atoms with van der Waals surface area (Å²) in [7, 11) is 0. The molecule has 2 heterocycles. The van der Waals surface area contributed by atoms with Crippen LogP contribution in [-0.2, 0) is 0 Å². The number of nitriles is 1. The molecule has 0 spiro atoms. The molecule has 0 radical (unpaired) electrons. The molecule has 1 N–H and O–H groups in total. The van der Waals surface area contributed by atoms with Crippen molar-refractivity contribution in [2.45, 2.75) is 44.7 Å². The highest BCUT2D eigenvalue weighted by atomic mass is 16.1. The molecule has 23 heavy (non-hydrogen) atoms. The third-order valence-electron chi connectivity index (χ3n) is 4.12. The highest BCUT2D eigenvalue weighted by Crippen LogP contribution is 2.28. The Morgan fingerprint density at radius 3 is 2.65 bits per heavy atom. The predicted octanol–water partition coefficient (Wildman–Crippen LogP) is 1.81. The lowest BCUT2D eigenvalue weighted by Gasteiger charge is -2.29. The number of rotatable bonds is 3. The van der Waals surface area contributed by atoms with Gasteiger partial charge in [-0.25, -0.2) is 14.6 Å². The average Bonchev–Trinajstić information content (AvgIpc) is 2.58. The monoisotopic (exact) mass is 310 g/mol. The van der Waals surface area contributed by atoms with Gasteiger partial charge in [0.2, 0.25) is 0 Å². The second-order valence-electron chi connectivity index (χ2n) is 5.81. The van der Waals surface area contributed by atoms with Crippen molar-refractivity contribution in [3.8, 4) is 6.07 Å². The molecule has 0 unspecified atom stereocenters. The van der Waals surface area contributed by atoms with Crippen LogP contribution in [0.5, 0.6) is 0 Å². The van der Waals surface area contributed by atoms with Gasteiger partial charge in [0.05, 0.1) is 24.1 Å². The molecule has 0 aliphatic heterocycles. The summed E-state index contributed by atoms with van der Waals surface area (Å²) in [5.74, 6) is 0.679. The molecule has 1 fully saturated rings. The normalized spacial score (nSPS) is 20.7. The van der Waals surface area contributed by atoms with Crippen molar-refractivity contribution in [3.63, 3.8) is 0 Å². The van der Waals surface area contributed by atoms with Crippen LogP contribution in [-0.4, -0.2) is 25.8 Å². The van der Waals surface area contributed by atoms with Crippen LogP contribution in [0, 0.1) is 18.3 Å². The zero-order valence-electron chi connectivity index (χ0n) is 12.9. The Morgan fingerprint density at radius 2 is 2.00 bits per heavy atom. The van der Waals surface area contributed by atoms with E-state index < -0.39 is 0 Å². The third kappa shape index (κ3) is 3.54. The van der Waals surface area contributed by atoms with E-state index in [1.165, 1.54) is 6.20 Å². The molecule has 7 heteroatoms. The van der Waals surface area contributed by atoms with Gasteiger partial charge in [0.15, 0.2) is 5.69 Å². The molecule has 0 atom stereocenters. The lowest BCUT2D eigenvalue weighted by atomic mass is 9.91. The molecule has 2 aromatic rings. The van der Waals surface area contributed by atoms with Gasteiger partial charge in [-0.15, -0.1) is 0 Å². The molecular formula is C16H18N6O. The van der Waals surface area contributed by atoms with Crippen molar-refractivity contribution in [1.29, 1.82) is 5.26 Å². The first kappa shape index (κ1) is 15.2. The summed E-state index contributed by atoms with van der Waals surface area (Å²) in [6.07, 6.45) is 6.72. The molecule has 0 saturated heterocycles. The maximum absolute atomic E-state index is 11.9. The van der Waals surface area contributed by atoms with Gasteiger partial charge >= 0.3 is 0 Å². The Hall–Kier alpha value is -2.75. The van der Waals surface area contributed by atoms with Gasteiger partial charge in [0, 0.05) is 12.1 Å². The Balaban J connectivity index is 1.61. The van der Waals surface area contributed by atoms with Crippen LogP contribution >= 0.6 is 0 Å². The third-order valence-corrected chi connectivity index (χ3v) is 4.12. The lowest BCUT2D eigenvalue weighted by molar-refractivity contribution is 0.302. The van der Waals surface area contributed by atoms with Crippen LogP contribution in [0.25, 0.3) is 0 Å². The molecule has 1 aliphatic carbocycles. The summed E-state index contributed by atoms with van der Waals surface area (Å²) in [6.45, 7) is 1.90. The molecule has 118 valence electrons. The minimum atomic E-state index is -0.0371. The topological polar surface area (TPSA) is 96.5 Å². The van der Waals surface area contributed by atoms with Crippen molar-refractivity contribution in [2.75, 3.05) is 5.32 Å². The van der Waals surface area contributed by atoms with Crippen molar-refractivity contribution < 1.29 is 0 Å². The van der Waals surface area contributed by atoms with Gasteiger partial charge in [-0.3, -0.25) is 4.79 Å². The van der Waals surface area contributed by atoms with Crippen molar-refractivity contribution >= 4 is 5.82 Å². The summed E-state index contributed by atoms with van der Waals surface area (Å²) < 4.78 is 1.62. The average molecular weight is 310 g/mol. The molecule has 1 aliphatic rings. The Morgan fingerprint density at radius 1 is 1.22 bits per heavy atom. The van der Waals surface area contributed by atoms with Crippen molar-refractivity contribution in [2.24, 2.45) is 0 Å². The Labute approximate surface area is 134 Å². The summed E-state index contributed by atoms with van der Waals surface area (Å²) in [5, 5.41) is 16.4. The number of hydrogen-bond donors (Lipinski definition) is 1. The molecule has 0 amide bonds. The summed E-state index contributed by atoms with van der Waals surface area (Å²) >= 11 is 0. The second-order valence-corrected chi connectivity index (χ2v) is 5.81. The van der Waals surface area contributed by atoms with Crippen LogP contribution in [0.4, 0.5) is 5.82 Å². The van der Waals surface area contributed by atoms with E-state index in [4.69, 9.17) is 5.26 Å². The van der Waals surface area contributed by atoms with Crippen molar-refractivity contribution in [3.05, 3.63) is 46.3 Å². The summed E-state index contributed by atoms with van der Waals surface area (Å²) in [4.78, 5) is 20.1. The fourth-order valence-electron chi connectivity index (χ4n) is 2.92. The molecule has 0 aromatic carbocycles. The lowest BCUT2D eigenvalue weighted by Crippen LogP contribution is -2.33. The van der Waals surface area contributed by atoms with Crippen LogP contribution in [0.1, 0.15) is 43.1 Å². The number of anilines is 1. The zero-order valence-corrected chi connectivity index (χ0v) is 12.9. The van der Waals surface area contributed by atoms with Crippen LogP contribution in [0.15, 0.2) is 29.3 Å². The van der Waals surface area contributed by atoms with Crippen molar-refractivity contribution in [1.82, 2.24) is 19.7 Å². The van der Waals surface area contributed by atoms with E-state index in [0.29, 0.717) is 17.6 Å². The van der Waals surface area contributed by atoms with Crippen LogP contribution < -0.4 is 10.9 Å². The maximum atomic E-state index is 11.9. The minimum Gasteiger partial charge on any atom is -0.366 e. The van der Waals surface area contributed by atoms with E-state index >= 15 is 0 Å². The number of aromatic nitrogens is 4. The summed E-state index contributed by atoms with van der Waals surface area (Å²) in [6, 6.07) is 5.74. The van der Waals surface area contributed by atoms with E-state index in [0.717, 1.165) is 31.4 Å². The number of nitrogens with one attached hydrogen (secondary N) is 1. The second kappa shape index (κ2) is 6.57. The molecule has 0 bridgehead atoms. The zero-order chi connectivity index (χ0) is 16.2. The molecule has 1 saturated carbocycles. The van der Waals surface area contributed by atoms with E-state index in [-0.39, 0.29) is 11.6 Å². The number of aryl methyl sites for hydroxylation is 1. The molecule has 7 nitrogen and oxygen atoms in total. The minimum absolute atomic E-state index is 0.0371. The van der Waals surface area contributed by atoms with Gasteiger partial charge < -0.3 is 5.32 Å². The largest absolute Gasteiger partial charge is 0.366 e. The number of nitrogens with zero attached hydrogens (tertiary/aromatic N) is 5. The van der Waals surface area contributed by atoms with Crippen LogP contribution in [0.3, 0.4) is 0 Å². The molecule has 3 rings (SSSR count). The van der Waals surface area contributed by atoms with Gasteiger partial charge in [-0.1, -0.05) is 0 Å². The van der Waals surface area contributed by atoms with Crippen LogP contribution in [0.2, 0.25) is 0 Å². The quantitative estimate of drug-likeness (QED) is 0.928. The predicted molar refractivity (Wildman–Crippen MR) is 84.9 cm³/mol. The van der Waals surface area contributed by atoms with E-state index in [2.05, 4.69) is 20.4 Å². The van der Waals surface area contributed by atoms with E-state index in [9.17, 15) is 4.79 Å². The standard InChI is InChI=1S/C16H18N6O/c1-11-2-7-16(23)22(21-11)14-5-3-12(4-6-14)20-15-10-18-13(8-17)9-19-15/h2,7,9-10,12,14H,3-6H2,1H3,(H,19,20). The SMILES string of the molecule is Cc1ccc(=O)n(C2CCC(Nc3cnc(C#N)cn3)CC2)n1. The fourth-order valence-corrected chi connectivity index (χ4v) is 2.92. The van der Waals surface area contributed by atoms with E-state index in [1.807, 2.05) is 13.0 Å². The van der Waals surface area contributed by atoms with Gasteiger partial charge in [-0.05, 0) is 38.7 Å². The highest BCUT2D eigenvalue weighted by molar-refractivity contribution is 5.34. The first-order valence-corrected chi connectivity index (χ1v) is 7.71.